The first-order valence-electron chi connectivity index (χ1n) is 3.54. The summed E-state index contributed by atoms with van der Waals surface area (Å²) in [7, 11) is 0. The number of rotatable bonds is 1. The quantitative estimate of drug-likeness (QED) is 0.658. The van der Waals surface area contributed by atoms with E-state index in [2.05, 4.69) is 4.98 Å². The van der Waals surface area contributed by atoms with Gasteiger partial charge in [-0.3, -0.25) is 0 Å². The summed E-state index contributed by atoms with van der Waals surface area (Å²) in [6.07, 6.45) is -5.03. The van der Waals surface area contributed by atoms with Crippen molar-refractivity contribution in [2.45, 2.75) is 12.6 Å². The van der Waals surface area contributed by atoms with Gasteiger partial charge in [-0.15, -0.1) is 0 Å². The third-order valence-electron chi connectivity index (χ3n) is 1.39. The average Bonchev–Trinajstić information content (AvgIpc) is 2.02. The predicted octanol–water partition coefficient (Wildman–Crippen LogP) is 2.31. The van der Waals surface area contributed by atoms with Crippen molar-refractivity contribution in [1.29, 1.82) is 5.26 Å². The third kappa shape index (κ3) is 2.42. The van der Waals surface area contributed by atoms with Crippen molar-refractivity contribution in [3.05, 3.63) is 29.3 Å². The lowest BCUT2D eigenvalue weighted by molar-refractivity contribution is -0.141. The van der Waals surface area contributed by atoms with Gasteiger partial charge in [0.15, 0.2) is 0 Å². The summed E-state index contributed by atoms with van der Waals surface area (Å²) >= 11 is 0. The van der Waals surface area contributed by atoms with Crippen LogP contribution in [0.2, 0.25) is 0 Å². The van der Waals surface area contributed by atoms with Gasteiger partial charge in [0, 0.05) is 6.07 Å². The number of pyridine rings is 1. The first kappa shape index (κ1) is 10.4. The van der Waals surface area contributed by atoms with Crippen LogP contribution < -0.4 is 0 Å². The molecule has 14 heavy (non-hydrogen) atoms. The maximum atomic E-state index is 12.6. The zero-order chi connectivity index (χ0) is 10.8. The van der Waals surface area contributed by atoms with Gasteiger partial charge in [0.05, 0.1) is 18.2 Å². The number of nitriles is 1. The van der Waals surface area contributed by atoms with Crippen LogP contribution in [0.1, 0.15) is 11.4 Å². The molecular weight excluding hydrogens is 200 g/mol. The van der Waals surface area contributed by atoms with Crippen molar-refractivity contribution in [2.75, 3.05) is 0 Å². The number of hydrogen-bond acceptors (Lipinski definition) is 2. The molecule has 1 heterocycles. The molecule has 0 spiro atoms. The molecule has 0 saturated heterocycles. The Morgan fingerprint density at radius 3 is 2.50 bits per heavy atom. The highest BCUT2D eigenvalue weighted by molar-refractivity contribution is 5.17. The molecule has 0 bridgehead atoms. The molecule has 0 aliphatic heterocycles. The van der Waals surface area contributed by atoms with Crippen LogP contribution >= 0.6 is 0 Å². The molecule has 1 aromatic rings. The third-order valence-corrected chi connectivity index (χ3v) is 1.39. The van der Waals surface area contributed by atoms with Gasteiger partial charge in [0.2, 0.25) is 0 Å². The van der Waals surface area contributed by atoms with Crippen LogP contribution in [0.15, 0.2) is 12.1 Å². The van der Waals surface area contributed by atoms with Crippen molar-refractivity contribution >= 4 is 0 Å². The zero-order valence-electron chi connectivity index (χ0n) is 6.77. The second-order valence-corrected chi connectivity index (χ2v) is 2.49. The summed E-state index contributed by atoms with van der Waals surface area (Å²) < 4.78 is 48.9. The van der Waals surface area contributed by atoms with Gasteiger partial charge in [-0.2, -0.15) is 18.4 Å². The molecule has 0 aliphatic rings. The number of hydrogen-bond donors (Lipinski definition) is 0. The maximum absolute atomic E-state index is 12.6. The van der Waals surface area contributed by atoms with E-state index in [0.29, 0.717) is 6.07 Å². The second-order valence-electron chi connectivity index (χ2n) is 2.49. The lowest BCUT2D eigenvalue weighted by Crippen LogP contribution is -2.10. The fourth-order valence-corrected chi connectivity index (χ4v) is 0.867. The molecule has 0 aromatic carbocycles. The Bertz CT molecular complexity index is 378. The van der Waals surface area contributed by atoms with Crippen LogP contribution in [0.4, 0.5) is 17.6 Å². The first-order chi connectivity index (χ1) is 6.43. The molecule has 0 saturated carbocycles. The van der Waals surface area contributed by atoms with Gasteiger partial charge in [0.1, 0.15) is 11.5 Å². The van der Waals surface area contributed by atoms with E-state index in [1.54, 1.807) is 6.07 Å². The Kier molecular flexibility index (Phi) is 2.70. The normalized spacial score (nSPS) is 11.1. The van der Waals surface area contributed by atoms with E-state index >= 15 is 0 Å². The lowest BCUT2D eigenvalue weighted by atomic mass is 10.2. The minimum absolute atomic E-state index is 0.222. The van der Waals surface area contributed by atoms with Gasteiger partial charge >= 0.3 is 6.18 Å². The number of halogens is 4. The van der Waals surface area contributed by atoms with Crippen molar-refractivity contribution in [2.24, 2.45) is 0 Å². The number of nitrogens with zero attached hydrogens (tertiary/aromatic N) is 2. The van der Waals surface area contributed by atoms with Crippen LogP contribution in [-0.2, 0) is 12.6 Å². The Hall–Kier alpha value is -1.64. The minimum Gasteiger partial charge on any atom is -0.247 e. The molecule has 0 N–H and O–H groups in total. The Balaban J connectivity index is 3.15. The average molecular weight is 204 g/mol. The van der Waals surface area contributed by atoms with Crippen LogP contribution in [0.25, 0.3) is 0 Å². The molecule has 0 aliphatic carbocycles. The predicted molar refractivity (Wildman–Crippen MR) is 38.5 cm³/mol. The topological polar surface area (TPSA) is 36.7 Å². The molecule has 6 heteroatoms. The summed E-state index contributed by atoms with van der Waals surface area (Å²) in [4.78, 5) is 3.11. The highest BCUT2D eigenvalue weighted by atomic mass is 19.4. The lowest BCUT2D eigenvalue weighted by Gasteiger charge is -2.06. The van der Waals surface area contributed by atoms with Crippen molar-refractivity contribution in [3.8, 4) is 6.07 Å². The van der Waals surface area contributed by atoms with Crippen LogP contribution in [0.3, 0.4) is 0 Å². The minimum atomic E-state index is -4.69. The largest absolute Gasteiger partial charge is 0.433 e. The smallest absolute Gasteiger partial charge is 0.247 e. The summed E-state index contributed by atoms with van der Waals surface area (Å²) in [6.45, 7) is 0. The summed E-state index contributed by atoms with van der Waals surface area (Å²) in [5, 5.41) is 8.21. The van der Waals surface area contributed by atoms with E-state index in [-0.39, 0.29) is 12.1 Å². The Morgan fingerprint density at radius 2 is 2.00 bits per heavy atom. The van der Waals surface area contributed by atoms with Crippen LogP contribution in [0.5, 0.6) is 0 Å². The van der Waals surface area contributed by atoms with E-state index in [9.17, 15) is 17.6 Å². The molecule has 0 atom stereocenters. The fraction of sp³-hybridized carbons (Fsp3) is 0.250. The van der Waals surface area contributed by atoms with Crippen LogP contribution in [-0.4, -0.2) is 4.98 Å². The zero-order valence-corrected chi connectivity index (χ0v) is 6.77. The summed E-state index contributed by atoms with van der Waals surface area (Å²) in [5.74, 6) is -1.04. The highest BCUT2D eigenvalue weighted by Gasteiger charge is 2.33. The molecule has 0 amide bonds. The first-order valence-corrected chi connectivity index (χ1v) is 3.54. The Morgan fingerprint density at radius 1 is 1.36 bits per heavy atom. The molecular formula is C8H4F4N2. The van der Waals surface area contributed by atoms with Crippen molar-refractivity contribution in [3.63, 3.8) is 0 Å². The second kappa shape index (κ2) is 3.62. The van der Waals surface area contributed by atoms with E-state index in [1.165, 1.54) is 0 Å². The summed E-state index contributed by atoms with van der Waals surface area (Å²) in [5.41, 5.74) is -1.54. The van der Waals surface area contributed by atoms with E-state index in [4.69, 9.17) is 5.26 Å². The van der Waals surface area contributed by atoms with Gasteiger partial charge in [0.25, 0.3) is 0 Å². The van der Waals surface area contributed by atoms with Gasteiger partial charge in [-0.05, 0) is 6.07 Å². The van der Waals surface area contributed by atoms with Crippen molar-refractivity contribution in [1.82, 2.24) is 4.98 Å². The maximum Gasteiger partial charge on any atom is 0.433 e. The number of aromatic nitrogens is 1. The molecule has 0 fully saturated rings. The van der Waals surface area contributed by atoms with Crippen molar-refractivity contribution < 1.29 is 17.6 Å². The van der Waals surface area contributed by atoms with E-state index in [0.717, 1.165) is 6.07 Å². The molecule has 2 nitrogen and oxygen atoms in total. The van der Waals surface area contributed by atoms with Crippen LogP contribution in [0, 0.1) is 17.1 Å². The standard InChI is InChI=1S/C8H4F4N2/c9-5-3-6(1-2-13)14-7(4-5)8(10,11)12/h3-4H,1H2. The molecule has 0 radical (unpaired) electrons. The molecule has 1 aromatic heterocycles. The fourth-order valence-electron chi connectivity index (χ4n) is 0.867. The molecule has 1 rings (SSSR count). The van der Waals surface area contributed by atoms with Gasteiger partial charge in [-0.25, -0.2) is 9.37 Å². The van der Waals surface area contributed by atoms with E-state index in [1.807, 2.05) is 0 Å². The number of alkyl halides is 3. The monoisotopic (exact) mass is 204 g/mol. The van der Waals surface area contributed by atoms with Gasteiger partial charge in [-0.1, -0.05) is 0 Å². The highest BCUT2D eigenvalue weighted by Crippen LogP contribution is 2.28. The molecule has 74 valence electrons. The molecule has 0 unspecified atom stereocenters. The van der Waals surface area contributed by atoms with Gasteiger partial charge < -0.3 is 0 Å². The summed E-state index contributed by atoms with van der Waals surface area (Å²) in [6, 6.07) is 2.69. The Labute approximate surface area is 76.8 Å². The van der Waals surface area contributed by atoms with E-state index < -0.39 is 17.7 Å². The SMILES string of the molecule is N#CCc1cc(F)cc(C(F)(F)F)n1.